The number of hydrogen-bond donors (Lipinski definition) is 2. The van der Waals surface area contributed by atoms with Gasteiger partial charge in [0.2, 0.25) is 5.91 Å². The summed E-state index contributed by atoms with van der Waals surface area (Å²) in [5, 5.41) is 10.6. The number of rotatable bonds is 3. The number of aryl methyl sites for hydroxylation is 3. The number of aromatic nitrogens is 2. The van der Waals surface area contributed by atoms with Gasteiger partial charge < -0.3 is 10.6 Å². The molecule has 2 N–H and O–H groups in total. The Balaban J connectivity index is 0.00000192. The average Bonchev–Trinajstić information content (AvgIpc) is 3.11. The number of anilines is 1. The second kappa shape index (κ2) is 7.15. The van der Waals surface area contributed by atoms with Crippen molar-refractivity contribution in [2.75, 3.05) is 18.4 Å². The third kappa shape index (κ3) is 3.74. The molecule has 1 aliphatic heterocycles. The molecule has 2 heterocycles. The molecule has 0 spiro atoms. The summed E-state index contributed by atoms with van der Waals surface area (Å²) < 4.78 is 1.78. The van der Waals surface area contributed by atoms with Crippen LogP contribution >= 0.6 is 12.4 Å². The van der Waals surface area contributed by atoms with Crippen LogP contribution in [0.1, 0.15) is 22.6 Å². The lowest BCUT2D eigenvalue weighted by Crippen LogP contribution is -2.28. The van der Waals surface area contributed by atoms with E-state index in [9.17, 15) is 4.79 Å². The summed E-state index contributed by atoms with van der Waals surface area (Å²) in [5.41, 5.74) is 4.40. The van der Waals surface area contributed by atoms with Gasteiger partial charge in [-0.3, -0.25) is 9.48 Å². The maximum Gasteiger partial charge on any atom is 0.229 e. The molecule has 23 heavy (non-hydrogen) atoms. The standard InChI is InChI=1S/C17H22N4O.ClH/c1-11-4-5-14(6-12(11)2)20-17(22)16-9-18-8-15(16)13-7-19-21(3)10-13;/h4-7,10,15-16,18H,8-9H2,1-3H3,(H,20,22);1H/t15-,16+;/m1./s1. The molecule has 6 heteroatoms. The Hall–Kier alpha value is -1.85. The van der Waals surface area contributed by atoms with Gasteiger partial charge in [-0.25, -0.2) is 0 Å². The summed E-state index contributed by atoms with van der Waals surface area (Å²) in [6.45, 7) is 5.65. The molecule has 1 fully saturated rings. The van der Waals surface area contributed by atoms with Gasteiger partial charge in [0.05, 0.1) is 12.1 Å². The van der Waals surface area contributed by atoms with E-state index in [0.29, 0.717) is 6.54 Å². The summed E-state index contributed by atoms with van der Waals surface area (Å²) in [4.78, 5) is 12.6. The largest absolute Gasteiger partial charge is 0.326 e. The Morgan fingerprint density at radius 2 is 2.09 bits per heavy atom. The molecule has 2 aromatic rings. The molecule has 1 aromatic carbocycles. The van der Waals surface area contributed by atoms with Gasteiger partial charge in [-0.15, -0.1) is 12.4 Å². The van der Waals surface area contributed by atoms with E-state index in [0.717, 1.165) is 17.8 Å². The number of nitrogens with zero attached hydrogens (tertiary/aromatic N) is 2. The van der Waals surface area contributed by atoms with Crippen molar-refractivity contribution in [2.45, 2.75) is 19.8 Å². The van der Waals surface area contributed by atoms with Crippen LogP contribution in [0.4, 0.5) is 5.69 Å². The van der Waals surface area contributed by atoms with Crippen molar-refractivity contribution in [3.8, 4) is 0 Å². The Morgan fingerprint density at radius 3 is 2.74 bits per heavy atom. The average molecular weight is 335 g/mol. The molecule has 3 rings (SSSR count). The van der Waals surface area contributed by atoms with Crippen LogP contribution in [0, 0.1) is 19.8 Å². The minimum Gasteiger partial charge on any atom is -0.326 e. The number of benzene rings is 1. The van der Waals surface area contributed by atoms with Crippen molar-refractivity contribution in [3.63, 3.8) is 0 Å². The zero-order valence-electron chi connectivity index (χ0n) is 13.7. The van der Waals surface area contributed by atoms with Crippen LogP contribution in [0.3, 0.4) is 0 Å². The third-order valence-corrected chi connectivity index (χ3v) is 4.48. The van der Waals surface area contributed by atoms with E-state index in [1.54, 1.807) is 4.68 Å². The summed E-state index contributed by atoms with van der Waals surface area (Å²) in [5.74, 6) is 0.188. The molecule has 124 valence electrons. The van der Waals surface area contributed by atoms with E-state index >= 15 is 0 Å². The minimum absolute atomic E-state index is 0. The molecule has 0 radical (unpaired) electrons. The van der Waals surface area contributed by atoms with Gasteiger partial charge >= 0.3 is 0 Å². The van der Waals surface area contributed by atoms with Crippen LogP contribution in [-0.4, -0.2) is 28.8 Å². The lowest BCUT2D eigenvalue weighted by molar-refractivity contribution is -0.119. The van der Waals surface area contributed by atoms with Gasteiger partial charge in [0.15, 0.2) is 0 Å². The smallest absolute Gasteiger partial charge is 0.229 e. The number of halogens is 1. The van der Waals surface area contributed by atoms with Gasteiger partial charge in [-0.2, -0.15) is 5.10 Å². The van der Waals surface area contributed by atoms with Crippen LogP contribution in [-0.2, 0) is 11.8 Å². The number of amides is 1. The molecule has 1 amide bonds. The van der Waals surface area contributed by atoms with E-state index in [4.69, 9.17) is 0 Å². The molecule has 5 nitrogen and oxygen atoms in total. The zero-order chi connectivity index (χ0) is 15.7. The number of carbonyl (C=O) groups excluding carboxylic acids is 1. The maximum absolute atomic E-state index is 12.6. The highest BCUT2D eigenvalue weighted by molar-refractivity contribution is 5.93. The first-order valence-electron chi connectivity index (χ1n) is 7.62. The van der Waals surface area contributed by atoms with E-state index in [2.05, 4.69) is 29.6 Å². The van der Waals surface area contributed by atoms with Crippen molar-refractivity contribution in [3.05, 3.63) is 47.3 Å². The van der Waals surface area contributed by atoms with Gasteiger partial charge in [-0.1, -0.05) is 6.07 Å². The van der Waals surface area contributed by atoms with Crippen molar-refractivity contribution in [2.24, 2.45) is 13.0 Å². The van der Waals surface area contributed by atoms with Crippen molar-refractivity contribution in [1.82, 2.24) is 15.1 Å². The molecule has 0 unspecified atom stereocenters. The second-order valence-electron chi connectivity index (χ2n) is 6.11. The molecule has 2 atom stereocenters. The van der Waals surface area contributed by atoms with Gasteiger partial charge in [0, 0.05) is 37.9 Å². The highest BCUT2D eigenvalue weighted by atomic mass is 35.5. The summed E-state index contributed by atoms with van der Waals surface area (Å²) >= 11 is 0. The van der Waals surface area contributed by atoms with E-state index in [1.807, 2.05) is 37.6 Å². The molecule has 0 aliphatic carbocycles. The lowest BCUT2D eigenvalue weighted by Gasteiger charge is -2.17. The highest BCUT2D eigenvalue weighted by Gasteiger charge is 2.34. The number of nitrogens with one attached hydrogen (secondary N) is 2. The fraction of sp³-hybridized carbons (Fsp3) is 0.412. The fourth-order valence-electron chi connectivity index (χ4n) is 2.99. The second-order valence-corrected chi connectivity index (χ2v) is 6.11. The van der Waals surface area contributed by atoms with Crippen LogP contribution in [0.5, 0.6) is 0 Å². The summed E-state index contributed by atoms with van der Waals surface area (Å²) in [7, 11) is 1.90. The highest BCUT2D eigenvalue weighted by Crippen LogP contribution is 2.29. The van der Waals surface area contributed by atoms with Gasteiger partial charge in [0.1, 0.15) is 0 Å². The van der Waals surface area contributed by atoms with Gasteiger partial charge in [-0.05, 0) is 42.7 Å². The predicted molar refractivity (Wildman–Crippen MR) is 94.1 cm³/mol. The van der Waals surface area contributed by atoms with Gasteiger partial charge in [0.25, 0.3) is 0 Å². The molecule has 0 bridgehead atoms. The first kappa shape index (κ1) is 17.5. The molecule has 0 saturated carbocycles. The Labute approximate surface area is 142 Å². The third-order valence-electron chi connectivity index (χ3n) is 4.48. The van der Waals surface area contributed by atoms with Crippen LogP contribution in [0.25, 0.3) is 0 Å². The number of hydrogen-bond acceptors (Lipinski definition) is 3. The number of carbonyl (C=O) groups is 1. The molecule has 1 saturated heterocycles. The van der Waals surface area contributed by atoms with Crippen LogP contribution in [0.2, 0.25) is 0 Å². The Bertz CT molecular complexity index is 698. The summed E-state index contributed by atoms with van der Waals surface area (Å²) in [6, 6.07) is 6.02. The monoisotopic (exact) mass is 334 g/mol. The maximum atomic E-state index is 12.6. The zero-order valence-corrected chi connectivity index (χ0v) is 14.5. The predicted octanol–water partition coefficient (Wildman–Crippen LogP) is 2.40. The molecule has 1 aromatic heterocycles. The van der Waals surface area contributed by atoms with Crippen LogP contribution in [0.15, 0.2) is 30.6 Å². The van der Waals surface area contributed by atoms with E-state index in [-0.39, 0.29) is 30.2 Å². The van der Waals surface area contributed by atoms with Crippen molar-refractivity contribution >= 4 is 24.0 Å². The minimum atomic E-state index is -0.0641. The first-order valence-corrected chi connectivity index (χ1v) is 7.62. The topological polar surface area (TPSA) is 59.0 Å². The Kier molecular flexibility index (Phi) is 5.44. The van der Waals surface area contributed by atoms with Crippen LogP contribution < -0.4 is 10.6 Å². The van der Waals surface area contributed by atoms with E-state index in [1.165, 1.54) is 11.1 Å². The molecular formula is C17H23ClN4O. The SMILES string of the molecule is Cc1ccc(NC(=O)[C@H]2CNC[C@@H]2c2cnn(C)c2)cc1C.Cl. The van der Waals surface area contributed by atoms with Crippen molar-refractivity contribution in [1.29, 1.82) is 0 Å². The van der Waals surface area contributed by atoms with E-state index < -0.39 is 0 Å². The van der Waals surface area contributed by atoms with Crippen molar-refractivity contribution < 1.29 is 4.79 Å². The quantitative estimate of drug-likeness (QED) is 0.906. The first-order chi connectivity index (χ1) is 10.5. The Morgan fingerprint density at radius 1 is 1.30 bits per heavy atom. The molecular weight excluding hydrogens is 312 g/mol. The lowest BCUT2D eigenvalue weighted by atomic mass is 9.90. The summed E-state index contributed by atoms with van der Waals surface area (Å²) in [6.07, 6.45) is 3.85. The molecule has 1 aliphatic rings. The normalized spacial score (nSPS) is 20.1. The fourth-order valence-corrected chi connectivity index (χ4v) is 2.99.